The molecule has 0 aromatic carbocycles. The van der Waals surface area contributed by atoms with Gasteiger partial charge in [0, 0.05) is 12.6 Å². The molecule has 0 radical (unpaired) electrons. The second-order valence-corrected chi connectivity index (χ2v) is 5.46. The minimum atomic E-state index is 0.398. The van der Waals surface area contributed by atoms with Crippen LogP contribution in [0.4, 0.5) is 11.9 Å². The topological polar surface area (TPSA) is 72.0 Å². The van der Waals surface area contributed by atoms with Crippen molar-refractivity contribution in [2.24, 2.45) is 5.92 Å². The van der Waals surface area contributed by atoms with Gasteiger partial charge in [0.25, 0.3) is 0 Å². The molecule has 2 N–H and O–H groups in total. The van der Waals surface area contributed by atoms with Crippen LogP contribution in [0.5, 0.6) is 6.01 Å². The molecule has 1 aliphatic carbocycles. The van der Waals surface area contributed by atoms with Crippen molar-refractivity contribution in [3.63, 3.8) is 0 Å². The van der Waals surface area contributed by atoms with Gasteiger partial charge in [0.2, 0.25) is 11.9 Å². The van der Waals surface area contributed by atoms with Crippen molar-refractivity contribution in [2.45, 2.75) is 52.5 Å². The van der Waals surface area contributed by atoms with Gasteiger partial charge in [0.15, 0.2) is 0 Å². The first-order valence-corrected chi connectivity index (χ1v) is 7.60. The molecule has 0 saturated heterocycles. The summed E-state index contributed by atoms with van der Waals surface area (Å²) < 4.78 is 5.53. The molecule has 20 heavy (non-hydrogen) atoms. The summed E-state index contributed by atoms with van der Waals surface area (Å²) in [6.07, 6.45) is 4.31. The molecule has 112 valence electrons. The molecule has 0 aliphatic heterocycles. The second-order valence-electron chi connectivity index (χ2n) is 5.46. The zero-order chi connectivity index (χ0) is 14.4. The fourth-order valence-corrected chi connectivity index (χ4v) is 2.20. The van der Waals surface area contributed by atoms with Crippen LogP contribution in [0.15, 0.2) is 0 Å². The van der Waals surface area contributed by atoms with E-state index >= 15 is 0 Å². The summed E-state index contributed by atoms with van der Waals surface area (Å²) in [6, 6.07) is 0.876. The highest BCUT2D eigenvalue weighted by Gasteiger charge is 2.26. The monoisotopic (exact) mass is 279 g/mol. The van der Waals surface area contributed by atoms with Crippen molar-refractivity contribution in [1.29, 1.82) is 0 Å². The highest BCUT2D eigenvalue weighted by Crippen LogP contribution is 2.28. The van der Waals surface area contributed by atoms with Crippen LogP contribution in [0.1, 0.15) is 46.5 Å². The minimum absolute atomic E-state index is 0.398. The van der Waals surface area contributed by atoms with E-state index in [4.69, 9.17) is 4.74 Å². The lowest BCUT2D eigenvalue weighted by atomic mass is 9.82. The second kappa shape index (κ2) is 7.26. The largest absolute Gasteiger partial charge is 0.463 e. The summed E-state index contributed by atoms with van der Waals surface area (Å²) in [6.45, 7) is 7.90. The van der Waals surface area contributed by atoms with E-state index in [2.05, 4.69) is 46.4 Å². The Morgan fingerprint density at radius 1 is 1.10 bits per heavy atom. The van der Waals surface area contributed by atoms with E-state index in [1.54, 1.807) is 0 Å². The van der Waals surface area contributed by atoms with Gasteiger partial charge in [-0.15, -0.1) is 0 Å². The third kappa shape index (κ3) is 4.21. The molecular weight excluding hydrogens is 254 g/mol. The van der Waals surface area contributed by atoms with Crippen molar-refractivity contribution in [1.82, 2.24) is 15.0 Å². The summed E-state index contributed by atoms with van der Waals surface area (Å²) in [5, 5.41) is 6.55. The van der Waals surface area contributed by atoms with Crippen LogP contribution in [0.3, 0.4) is 0 Å². The molecule has 0 spiro atoms. The lowest BCUT2D eigenvalue weighted by Crippen LogP contribution is -2.34. The lowest BCUT2D eigenvalue weighted by Gasteiger charge is -2.33. The van der Waals surface area contributed by atoms with Gasteiger partial charge in [-0.3, -0.25) is 0 Å². The highest BCUT2D eigenvalue weighted by atomic mass is 16.5. The molecule has 2 rings (SSSR count). The van der Waals surface area contributed by atoms with E-state index in [0.717, 1.165) is 25.3 Å². The molecular formula is C14H25N5O. The Hall–Kier alpha value is -1.59. The minimum Gasteiger partial charge on any atom is -0.463 e. The first-order valence-electron chi connectivity index (χ1n) is 7.60. The van der Waals surface area contributed by atoms with Crippen molar-refractivity contribution >= 4 is 11.9 Å². The van der Waals surface area contributed by atoms with Crippen molar-refractivity contribution in [3.8, 4) is 6.01 Å². The van der Waals surface area contributed by atoms with Crippen LogP contribution in [0.2, 0.25) is 0 Å². The molecule has 0 bridgehead atoms. The van der Waals surface area contributed by atoms with Crippen LogP contribution in [-0.2, 0) is 0 Å². The number of hydrogen-bond donors (Lipinski definition) is 2. The van der Waals surface area contributed by atoms with Crippen LogP contribution in [0.25, 0.3) is 0 Å². The zero-order valence-corrected chi connectivity index (χ0v) is 12.6. The smallest absolute Gasteiger partial charge is 0.323 e. The van der Waals surface area contributed by atoms with E-state index in [1.165, 1.54) is 12.8 Å². The van der Waals surface area contributed by atoms with E-state index < -0.39 is 0 Å². The van der Waals surface area contributed by atoms with Gasteiger partial charge in [-0.05, 0) is 31.6 Å². The van der Waals surface area contributed by atoms with Gasteiger partial charge in [-0.25, -0.2) is 0 Å². The highest BCUT2D eigenvalue weighted by molar-refractivity contribution is 5.37. The summed E-state index contributed by atoms with van der Waals surface area (Å²) >= 11 is 0. The molecule has 0 atom stereocenters. The van der Waals surface area contributed by atoms with Gasteiger partial charge >= 0.3 is 6.01 Å². The molecule has 1 aromatic rings. The van der Waals surface area contributed by atoms with Crippen LogP contribution >= 0.6 is 0 Å². The first-order chi connectivity index (χ1) is 9.71. The number of nitrogens with zero attached hydrogens (tertiary/aromatic N) is 3. The van der Waals surface area contributed by atoms with Crippen LogP contribution < -0.4 is 15.4 Å². The van der Waals surface area contributed by atoms with Crippen molar-refractivity contribution in [3.05, 3.63) is 0 Å². The quantitative estimate of drug-likeness (QED) is 0.762. The number of rotatable bonds is 8. The molecule has 1 heterocycles. The Labute approximate surface area is 120 Å². The Kier molecular flexibility index (Phi) is 5.38. The maximum Gasteiger partial charge on any atom is 0.323 e. The Morgan fingerprint density at radius 2 is 1.85 bits per heavy atom. The molecule has 0 unspecified atom stereocenters. The number of ether oxygens (including phenoxy) is 1. The average Bonchev–Trinajstić information content (AvgIpc) is 2.41. The Bertz CT molecular complexity index is 394. The lowest BCUT2D eigenvalue weighted by molar-refractivity contribution is 0.289. The van der Waals surface area contributed by atoms with Gasteiger partial charge < -0.3 is 15.4 Å². The number of nitrogens with one attached hydrogen (secondary N) is 2. The Morgan fingerprint density at radius 3 is 2.50 bits per heavy atom. The third-order valence-corrected chi connectivity index (χ3v) is 3.29. The third-order valence-electron chi connectivity index (χ3n) is 3.29. The molecule has 1 fully saturated rings. The summed E-state index contributed by atoms with van der Waals surface area (Å²) in [5.74, 6) is 1.99. The predicted molar refractivity (Wildman–Crippen MR) is 80.2 cm³/mol. The number of hydrogen-bond acceptors (Lipinski definition) is 6. The van der Waals surface area contributed by atoms with Crippen molar-refractivity contribution < 1.29 is 4.74 Å². The summed E-state index contributed by atoms with van der Waals surface area (Å²) in [4.78, 5) is 13.0. The van der Waals surface area contributed by atoms with Crippen LogP contribution in [-0.4, -0.2) is 34.1 Å². The molecule has 0 amide bonds. The fraction of sp³-hybridized carbons (Fsp3) is 0.786. The molecule has 6 nitrogen and oxygen atoms in total. The average molecular weight is 279 g/mol. The number of anilines is 2. The summed E-state index contributed by atoms with van der Waals surface area (Å²) in [7, 11) is 0. The predicted octanol–water partition coefficient (Wildman–Crippen LogP) is 2.69. The maximum atomic E-state index is 5.53. The SMILES string of the molecule is CCCNc1nc(NC2CC(C)C2)nc(OCCC)n1. The fourth-order valence-electron chi connectivity index (χ4n) is 2.20. The molecule has 1 saturated carbocycles. The van der Waals surface area contributed by atoms with E-state index in [9.17, 15) is 0 Å². The summed E-state index contributed by atoms with van der Waals surface area (Å²) in [5.41, 5.74) is 0. The normalized spacial score (nSPS) is 21.1. The van der Waals surface area contributed by atoms with E-state index in [0.29, 0.717) is 30.6 Å². The van der Waals surface area contributed by atoms with Crippen LogP contribution in [0, 0.1) is 5.92 Å². The van der Waals surface area contributed by atoms with Gasteiger partial charge in [-0.1, -0.05) is 20.8 Å². The van der Waals surface area contributed by atoms with E-state index in [-0.39, 0.29) is 0 Å². The maximum absolute atomic E-state index is 5.53. The first kappa shape index (κ1) is 14.8. The van der Waals surface area contributed by atoms with Crippen molar-refractivity contribution in [2.75, 3.05) is 23.8 Å². The molecule has 1 aliphatic rings. The Balaban J connectivity index is 2.03. The standard InChI is InChI=1S/C14H25N5O/c1-4-6-15-12-17-13(16-11-8-10(3)9-11)19-14(18-12)20-7-5-2/h10-11H,4-9H2,1-3H3,(H2,15,16,17,18,19). The molecule has 1 aromatic heterocycles. The van der Waals surface area contributed by atoms with Gasteiger partial charge in [0.1, 0.15) is 0 Å². The molecule has 6 heteroatoms. The van der Waals surface area contributed by atoms with Gasteiger partial charge in [0.05, 0.1) is 6.61 Å². The van der Waals surface area contributed by atoms with E-state index in [1.807, 2.05) is 0 Å². The van der Waals surface area contributed by atoms with Gasteiger partial charge in [-0.2, -0.15) is 15.0 Å². The zero-order valence-electron chi connectivity index (χ0n) is 12.6. The number of aromatic nitrogens is 3.